The molecule has 0 aliphatic heterocycles. The van der Waals surface area contributed by atoms with Crippen molar-refractivity contribution in [3.63, 3.8) is 0 Å². The molecule has 0 bridgehead atoms. The van der Waals surface area contributed by atoms with E-state index in [0.29, 0.717) is 17.5 Å². The Labute approximate surface area is 221 Å². The lowest BCUT2D eigenvalue weighted by atomic mass is 10.1. The molecule has 0 aliphatic rings. The summed E-state index contributed by atoms with van der Waals surface area (Å²) in [6, 6.07) is 21.6. The van der Waals surface area contributed by atoms with E-state index in [-0.39, 0.29) is 27.9 Å². The quantitative estimate of drug-likeness (QED) is 0.171. The van der Waals surface area contributed by atoms with Crippen LogP contribution in [0.15, 0.2) is 107 Å². The molecule has 194 valence electrons. The molecule has 2 aromatic heterocycles. The summed E-state index contributed by atoms with van der Waals surface area (Å²) >= 11 is 0. The van der Waals surface area contributed by atoms with E-state index in [2.05, 4.69) is 14.3 Å². The van der Waals surface area contributed by atoms with E-state index in [0.717, 1.165) is 23.3 Å². The van der Waals surface area contributed by atoms with Gasteiger partial charge in [0.05, 0.1) is 27.1 Å². The molecule has 2 heterocycles. The first kappa shape index (κ1) is 25.5. The largest absolute Gasteiger partial charge is 0.374 e. The fraction of sp³-hybridized carbons (Fsp3) is 0.0385. The Morgan fingerprint density at radius 2 is 1.28 bits per heavy atom. The summed E-state index contributed by atoms with van der Waals surface area (Å²) in [4.78, 5) is 29.7. The zero-order valence-corrected chi connectivity index (χ0v) is 20.8. The molecule has 1 atom stereocenters. The van der Waals surface area contributed by atoms with Gasteiger partial charge in [-0.1, -0.05) is 24.3 Å². The Balaban J connectivity index is 1.53. The number of para-hydroxylation sites is 2. The molecule has 0 saturated carbocycles. The van der Waals surface area contributed by atoms with E-state index < -0.39 is 19.9 Å². The lowest BCUT2D eigenvalue weighted by Crippen LogP contribution is -2.31. The Kier molecular flexibility index (Phi) is 6.75. The van der Waals surface area contributed by atoms with Crippen LogP contribution in [0.4, 0.5) is 17.2 Å². The molecule has 0 aliphatic carbocycles. The number of fused-ring (bicyclic) bond motifs is 1. The maximum atomic E-state index is 13.2. The normalized spacial score (nSPS) is 12.5. The monoisotopic (exact) mass is 543 g/mol. The predicted octanol–water partition coefficient (Wildman–Crippen LogP) is 4.95. The predicted molar refractivity (Wildman–Crippen MR) is 141 cm³/mol. The van der Waals surface area contributed by atoms with Crippen LogP contribution in [0.25, 0.3) is 16.9 Å². The van der Waals surface area contributed by atoms with Crippen molar-refractivity contribution >= 4 is 38.2 Å². The van der Waals surface area contributed by atoms with Crippen LogP contribution in [0, 0.1) is 20.2 Å². The highest BCUT2D eigenvalue weighted by molar-refractivity contribution is 7.88. The molecule has 0 saturated heterocycles. The molecule has 0 spiro atoms. The number of hydrogen-bond donors (Lipinski definition) is 1. The number of non-ortho nitro benzene ring substituents is 2. The third kappa shape index (κ3) is 5.58. The third-order valence-corrected chi connectivity index (χ3v) is 7.10. The lowest BCUT2D eigenvalue weighted by Gasteiger charge is -2.06. The standard InChI is InChI=1S/C26H18N6O6S/c33-31(34)20-7-5-18(6-8-20)17-19-13-15-30(16-14-19)26-25(27-23-3-1-2-4-24(23)28-26)29-39(37,38)22-11-9-21(10-12-22)32(35)36/h1-16H,17H2/p+1. The van der Waals surface area contributed by atoms with Crippen LogP contribution in [0.1, 0.15) is 11.1 Å². The van der Waals surface area contributed by atoms with Crippen molar-refractivity contribution in [3.05, 3.63) is 129 Å². The molecule has 0 radical (unpaired) electrons. The molecule has 1 unspecified atom stereocenters. The van der Waals surface area contributed by atoms with Crippen LogP contribution < -0.4 is 4.57 Å². The molecule has 39 heavy (non-hydrogen) atoms. The second kappa shape index (κ2) is 10.3. The summed E-state index contributed by atoms with van der Waals surface area (Å²) in [6.07, 6.45) is 3.96. The number of pyridine rings is 1. The van der Waals surface area contributed by atoms with Gasteiger partial charge >= 0.3 is 5.82 Å². The van der Waals surface area contributed by atoms with Gasteiger partial charge in [-0.3, -0.25) is 24.8 Å². The van der Waals surface area contributed by atoms with Gasteiger partial charge in [0.15, 0.2) is 10.0 Å². The van der Waals surface area contributed by atoms with E-state index in [1.54, 1.807) is 53.4 Å². The van der Waals surface area contributed by atoms with Crippen molar-refractivity contribution in [1.29, 1.82) is 0 Å². The molecular formula is C26H19N6O6S+. The summed E-state index contributed by atoms with van der Waals surface area (Å²) < 4.78 is 29.6. The number of nitro groups is 2. The van der Waals surface area contributed by atoms with Crippen molar-refractivity contribution in [3.8, 4) is 5.82 Å². The molecule has 12 nitrogen and oxygen atoms in total. The zero-order chi connectivity index (χ0) is 27.6. The van der Waals surface area contributed by atoms with Crippen molar-refractivity contribution in [2.24, 2.45) is 4.36 Å². The van der Waals surface area contributed by atoms with Gasteiger partial charge in [0.1, 0.15) is 5.52 Å². The van der Waals surface area contributed by atoms with Crippen molar-refractivity contribution in [2.75, 3.05) is 0 Å². The maximum Gasteiger partial charge on any atom is 0.374 e. The molecular weight excluding hydrogens is 524 g/mol. The smallest absolute Gasteiger partial charge is 0.296 e. The highest BCUT2D eigenvalue weighted by atomic mass is 32.2. The van der Waals surface area contributed by atoms with Gasteiger partial charge in [0.2, 0.25) is 5.52 Å². The lowest BCUT2D eigenvalue weighted by molar-refractivity contribution is -0.598. The highest BCUT2D eigenvalue weighted by Crippen LogP contribution is 2.25. The third-order valence-electron chi connectivity index (χ3n) is 5.80. The summed E-state index contributed by atoms with van der Waals surface area (Å²) in [5.74, 6) is 0.118. The molecule has 5 aromatic rings. The van der Waals surface area contributed by atoms with Gasteiger partial charge in [-0.05, 0) is 58.9 Å². The minimum absolute atomic E-state index is 0.0185. The van der Waals surface area contributed by atoms with Crippen LogP contribution in [0.5, 0.6) is 0 Å². The van der Waals surface area contributed by atoms with Gasteiger partial charge in [0, 0.05) is 24.3 Å². The summed E-state index contributed by atoms with van der Waals surface area (Å²) in [5.41, 5.74) is 2.63. The molecule has 1 N–H and O–H groups in total. The number of hydrogen-bond acceptors (Lipinski definition) is 8. The van der Waals surface area contributed by atoms with E-state index in [4.69, 9.17) is 0 Å². The van der Waals surface area contributed by atoms with E-state index in [9.17, 15) is 29.0 Å². The second-order valence-electron chi connectivity index (χ2n) is 8.41. The second-order valence-corrected chi connectivity index (χ2v) is 10.1. The average Bonchev–Trinajstić information content (AvgIpc) is 2.93. The molecule has 0 fully saturated rings. The van der Waals surface area contributed by atoms with Crippen LogP contribution >= 0.6 is 0 Å². The fourth-order valence-electron chi connectivity index (χ4n) is 3.82. The molecule has 3 aromatic carbocycles. The van der Waals surface area contributed by atoms with Gasteiger partial charge in [-0.2, -0.15) is 4.57 Å². The Morgan fingerprint density at radius 3 is 1.85 bits per heavy atom. The van der Waals surface area contributed by atoms with Crippen molar-refractivity contribution in [1.82, 2.24) is 9.97 Å². The molecule has 0 amide bonds. The highest BCUT2D eigenvalue weighted by Gasteiger charge is 2.22. The fourth-order valence-corrected chi connectivity index (χ4v) is 4.77. The first-order valence-electron chi connectivity index (χ1n) is 11.4. The Bertz CT molecular complexity index is 1830. The maximum absolute atomic E-state index is 13.2. The van der Waals surface area contributed by atoms with Crippen LogP contribution in [-0.2, 0) is 16.4 Å². The van der Waals surface area contributed by atoms with Gasteiger partial charge in [0.25, 0.3) is 17.2 Å². The van der Waals surface area contributed by atoms with E-state index >= 15 is 0 Å². The Morgan fingerprint density at radius 1 is 0.769 bits per heavy atom. The minimum Gasteiger partial charge on any atom is -0.296 e. The number of benzene rings is 3. The Hall–Kier alpha value is -5.14. The van der Waals surface area contributed by atoms with E-state index in [1.165, 1.54) is 24.3 Å². The number of aromatic nitrogens is 3. The van der Waals surface area contributed by atoms with Crippen molar-refractivity contribution < 1.29 is 23.2 Å². The first-order valence-corrected chi connectivity index (χ1v) is 12.9. The van der Waals surface area contributed by atoms with Gasteiger partial charge < -0.3 is 0 Å². The summed E-state index contributed by atoms with van der Waals surface area (Å²) in [6.45, 7) is 0. The van der Waals surface area contributed by atoms with Crippen LogP contribution in [0.2, 0.25) is 0 Å². The molecule has 13 heteroatoms. The summed E-state index contributed by atoms with van der Waals surface area (Å²) in [5, 5.41) is 21.8. The van der Waals surface area contributed by atoms with Crippen LogP contribution in [0.3, 0.4) is 0 Å². The zero-order valence-electron chi connectivity index (χ0n) is 20.0. The number of nitrogens with zero attached hydrogens (tertiary/aromatic N) is 6. The van der Waals surface area contributed by atoms with Crippen LogP contribution in [-0.4, -0.2) is 28.6 Å². The SMILES string of the molecule is O=[N+]([O-])c1ccc(Cc2cc[n+](-c3nc4ccccc4nc3N=S(=O)(O)c3ccc([N+](=O)[O-])cc3)cc2)cc1. The van der Waals surface area contributed by atoms with Gasteiger partial charge in [-0.25, -0.2) is 9.19 Å². The van der Waals surface area contributed by atoms with Gasteiger partial charge in [-0.15, -0.1) is 4.36 Å². The first-order chi connectivity index (χ1) is 18.7. The average molecular weight is 544 g/mol. The van der Waals surface area contributed by atoms with E-state index in [1.807, 2.05) is 12.1 Å². The number of nitro benzene ring substituents is 2. The van der Waals surface area contributed by atoms with Crippen molar-refractivity contribution in [2.45, 2.75) is 11.3 Å². The summed E-state index contributed by atoms with van der Waals surface area (Å²) in [7, 11) is -4.02. The minimum atomic E-state index is -4.02. The number of rotatable bonds is 7. The molecule has 5 rings (SSSR count). The topological polar surface area (TPSA) is 166 Å².